The molecule has 5 nitrogen and oxygen atoms in total. The molecule has 2 aromatic carbocycles. The molecule has 2 amide bonds. The molecule has 0 saturated heterocycles. The van der Waals surface area contributed by atoms with Crippen LogP contribution < -0.4 is 15.4 Å². The molecule has 5 heteroatoms. The second kappa shape index (κ2) is 8.25. The number of methoxy groups -OCH3 is 1. The number of anilines is 1. The van der Waals surface area contributed by atoms with Crippen LogP contribution in [-0.4, -0.2) is 25.5 Å². The molecule has 0 unspecified atom stereocenters. The maximum atomic E-state index is 12.3. The summed E-state index contributed by atoms with van der Waals surface area (Å²) in [5, 5.41) is 5.50. The van der Waals surface area contributed by atoms with Gasteiger partial charge < -0.3 is 15.4 Å². The van der Waals surface area contributed by atoms with Crippen molar-refractivity contribution in [2.45, 2.75) is 38.0 Å². The molecular formula is C22H26N2O3. The molecular weight excluding hydrogens is 340 g/mol. The Morgan fingerprint density at radius 3 is 2.37 bits per heavy atom. The minimum Gasteiger partial charge on any atom is -0.497 e. The monoisotopic (exact) mass is 366 g/mol. The van der Waals surface area contributed by atoms with Gasteiger partial charge in [-0.25, -0.2) is 0 Å². The van der Waals surface area contributed by atoms with E-state index in [-0.39, 0.29) is 5.41 Å². The molecule has 1 saturated carbocycles. The van der Waals surface area contributed by atoms with Crippen LogP contribution in [0.15, 0.2) is 48.5 Å². The van der Waals surface area contributed by atoms with Gasteiger partial charge in [-0.2, -0.15) is 0 Å². The van der Waals surface area contributed by atoms with Crippen molar-refractivity contribution >= 4 is 17.5 Å². The van der Waals surface area contributed by atoms with Crippen molar-refractivity contribution in [1.29, 1.82) is 0 Å². The molecule has 3 rings (SSSR count). The van der Waals surface area contributed by atoms with Gasteiger partial charge in [0.05, 0.1) is 7.11 Å². The number of carbonyl (C=O) groups excluding carboxylic acids is 2. The van der Waals surface area contributed by atoms with Crippen molar-refractivity contribution < 1.29 is 14.3 Å². The third-order valence-electron chi connectivity index (χ3n) is 5.33. The Kier molecular flexibility index (Phi) is 5.79. The predicted octanol–water partition coefficient (Wildman–Crippen LogP) is 3.57. The van der Waals surface area contributed by atoms with Gasteiger partial charge in [-0.3, -0.25) is 9.59 Å². The van der Waals surface area contributed by atoms with Crippen LogP contribution in [0.4, 0.5) is 5.69 Å². The lowest BCUT2D eigenvalue weighted by Gasteiger charge is -2.30. The average Bonchev–Trinajstić information content (AvgIpc) is 3.16. The standard InChI is InChI=1S/C22H26N2O3/c1-16-6-5-7-18(14-16)24-21(26)20(25)23-15-22(12-3-4-13-22)17-8-10-19(27-2)11-9-17/h5-11,14H,3-4,12-13,15H2,1-2H3,(H,23,25)(H,24,26). The number of aryl methyl sites for hydroxylation is 1. The summed E-state index contributed by atoms with van der Waals surface area (Å²) in [6.07, 6.45) is 4.24. The molecule has 27 heavy (non-hydrogen) atoms. The highest BCUT2D eigenvalue weighted by atomic mass is 16.5. The van der Waals surface area contributed by atoms with E-state index in [0.717, 1.165) is 37.0 Å². The van der Waals surface area contributed by atoms with Crippen LogP contribution in [0, 0.1) is 6.92 Å². The molecule has 142 valence electrons. The lowest BCUT2D eigenvalue weighted by atomic mass is 9.78. The molecule has 0 spiro atoms. The van der Waals surface area contributed by atoms with E-state index < -0.39 is 11.8 Å². The Morgan fingerprint density at radius 2 is 1.74 bits per heavy atom. The lowest BCUT2D eigenvalue weighted by molar-refractivity contribution is -0.136. The van der Waals surface area contributed by atoms with Crippen molar-refractivity contribution in [3.63, 3.8) is 0 Å². The third-order valence-corrected chi connectivity index (χ3v) is 5.33. The molecule has 0 atom stereocenters. The van der Waals surface area contributed by atoms with Crippen molar-refractivity contribution in [2.24, 2.45) is 0 Å². The van der Waals surface area contributed by atoms with Gasteiger partial charge >= 0.3 is 11.8 Å². The van der Waals surface area contributed by atoms with Crippen molar-refractivity contribution in [1.82, 2.24) is 5.32 Å². The molecule has 0 radical (unpaired) electrons. The first-order valence-electron chi connectivity index (χ1n) is 9.33. The largest absolute Gasteiger partial charge is 0.497 e. The molecule has 0 heterocycles. The minimum atomic E-state index is -0.636. The van der Waals surface area contributed by atoms with Gasteiger partial charge in [-0.1, -0.05) is 37.1 Å². The molecule has 1 fully saturated rings. The Morgan fingerprint density at radius 1 is 1.04 bits per heavy atom. The Hall–Kier alpha value is -2.82. The van der Waals surface area contributed by atoms with E-state index >= 15 is 0 Å². The number of hydrogen-bond acceptors (Lipinski definition) is 3. The zero-order chi connectivity index (χ0) is 19.3. The summed E-state index contributed by atoms with van der Waals surface area (Å²) in [6.45, 7) is 2.40. The SMILES string of the molecule is COc1ccc(C2(CNC(=O)C(=O)Nc3cccc(C)c3)CCCC2)cc1. The Labute approximate surface area is 160 Å². The minimum absolute atomic E-state index is 0.119. The maximum absolute atomic E-state index is 12.3. The van der Waals surface area contributed by atoms with Gasteiger partial charge in [0.25, 0.3) is 0 Å². The predicted molar refractivity (Wildman–Crippen MR) is 106 cm³/mol. The summed E-state index contributed by atoms with van der Waals surface area (Å²) in [5.41, 5.74) is 2.71. The topological polar surface area (TPSA) is 67.4 Å². The first kappa shape index (κ1) is 19.0. The van der Waals surface area contributed by atoms with Crippen LogP contribution in [0.25, 0.3) is 0 Å². The summed E-state index contributed by atoms with van der Waals surface area (Å²) in [5.74, 6) is -0.423. The van der Waals surface area contributed by atoms with Crippen LogP contribution in [-0.2, 0) is 15.0 Å². The van der Waals surface area contributed by atoms with E-state index in [1.54, 1.807) is 13.2 Å². The number of rotatable bonds is 5. The fraction of sp³-hybridized carbons (Fsp3) is 0.364. The number of hydrogen-bond donors (Lipinski definition) is 2. The summed E-state index contributed by atoms with van der Waals surface area (Å²) in [7, 11) is 1.65. The second-order valence-electron chi connectivity index (χ2n) is 7.22. The van der Waals surface area contributed by atoms with E-state index in [9.17, 15) is 9.59 Å². The van der Waals surface area contributed by atoms with E-state index in [0.29, 0.717) is 12.2 Å². The highest BCUT2D eigenvalue weighted by molar-refractivity contribution is 6.39. The lowest BCUT2D eigenvalue weighted by Crippen LogP contribution is -2.43. The molecule has 0 bridgehead atoms. The smallest absolute Gasteiger partial charge is 0.313 e. The van der Waals surface area contributed by atoms with Crippen LogP contribution in [0.5, 0.6) is 5.75 Å². The maximum Gasteiger partial charge on any atom is 0.313 e. The van der Waals surface area contributed by atoms with Gasteiger partial charge in [0.15, 0.2) is 0 Å². The van der Waals surface area contributed by atoms with Gasteiger partial charge in [0.1, 0.15) is 5.75 Å². The summed E-state index contributed by atoms with van der Waals surface area (Å²) in [4.78, 5) is 24.5. The van der Waals surface area contributed by atoms with E-state index in [1.807, 2.05) is 37.3 Å². The van der Waals surface area contributed by atoms with Crippen molar-refractivity contribution in [2.75, 3.05) is 19.0 Å². The normalized spacial score (nSPS) is 15.2. The first-order chi connectivity index (χ1) is 13.0. The molecule has 1 aliphatic carbocycles. The highest BCUT2D eigenvalue weighted by Crippen LogP contribution is 2.41. The number of carbonyl (C=O) groups is 2. The first-order valence-corrected chi connectivity index (χ1v) is 9.33. The average molecular weight is 366 g/mol. The zero-order valence-electron chi connectivity index (χ0n) is 15.9. The summed E-state index contributed by atoms with van der Waals surface area (Å²) in [6, 6.07) is 15.4. The highest BCUT2D eigenvalue weighted by Gasteiger charge is 2.36. The van der Waals surface area contributed by atoms with Gasteiger partial charge in [-0.15, -0.1) is 0 Å². The molecule has 0 aromatic heterocycles. The molecule has 1 aliphatic rings. The van der Waals surface area contributed by atoms with Gasteiger partial charge in [0, 0.05) is 17.6 Å². The number of nitrogens with one attached hydrogen (secondary N) is 2. The Bertz CT molecular complexity index is 809. The van der Waals surface area contributed by atoms with Crippen LogP contribution in [0.1, 0.15) is 36.8 Å². The van der Waals surface area contributed by atoms with Gasteiger partial charge in [0.2, 0.25) is 0 Å². The molecule has 2 N–H and O–H groups in total. The van der Waals surface area contributed by atoms with E-state index in [2.05, 4.69) is 22.8 Å². The fourth-order valence-electron chi connectivity index (χ4n) is 3.80. The zero-order valence-corrected chi connectivity index (χ0v) is 15.9. The Balaban J connectivity index is 1.65. The van der Waals surface area contributed by atoms with Crippen molar-refractivity contribution in [3.05, 3.63) is 59.7 Å². The quantitative estimate of drug-likeness (QED) is 0.795. The third kappa shape index (κ3) is 4.48. The number of benzene rings is 2. The van der Waals surface area contributed by atoms with Crippen LogP contribution in [0.2, 0.25) is 0 Å². The van der Waals surface area contributed by atoms with E-state index in [4.69, 9.17) is 4.74 Å². The summed E-state index contributed by atoms with van der Waals surface area (Å²) >= 11 is 0. The number of amides is 2. The molecule has 0 aliphatic heterocycles. The summed E-state index contributed by atoms with van der Waals surface area (Å²) < 4.78 is 5.24. The van der Waals surface area contributed by atoms with Gasteiger partial charge in [-0.05, 0) is 55.2 Å². The fourth-order valence-corrected chi connectivity index (χ4v) is 3.80. The second-order valence-corrected chi connectivity index (χ2v) is 7.22. The number of ether oxygens (including phenoxy) is 1. The van der Waals surface area contributed by atoms with Crippen LogP contribution in [0.3, 0.4) is 0 Å². The van der Waals surface area contributed by atoms with Crippen LogP contribution >= 0.6 is 0 Å². The molecule has 2 aromatic rings. The van der Waals surface area contributed by atoms with Crippen molar-refractivity contribution in [3.8, 4) is 5.75 Å². The van der Waals surface area contributed by atoms with E-state index in [1.165, 1.54) is 5.56 Å².